The van der Waals surface area contributed by atoms with Crippen LogP contribution in [0.1, 0.15) is 30.1 Å². The number of ether oxygens (including phenoxy) is 1. The molecule has 1 heterocycles. The van der Waals surface area contributed by atoms with E-state index >= 15 is 0 Å². The Morgan fingerprint density at radius 1 is 1.15 bits per heavy atom. The van der Waals surface area contributed by atoms with Gasteiger partial charge in [-0.15, -0.1) is 11.8 Å². The fourth-order valence-corrected chi connectivity index (χ4v) is 3.83. The van der Waals surface area contributed by atoms with Crippen molar-refractivity contribution in [2.75, 3.05) is 26.0 Å². The van der Waals surface area contributed by atoms with Gasteiger partial charge in [0.25, 0.3) is 0 Å². The van der Waals surface area contributed by atoms with E-state index in [4.69, 9.17) is 4.74 Å². The Balaban J connectivity index is 1.70. The monoisotopic (exact) mass is 371 g/mol. The van der Waals surface area contributed by atoms with Crippen LogP contribution in [0.2, 0.25) is 0 Å². The van der Waals surface area contributed by atoms with Crippen molar-refractivity contribution >= 4 is 17.7 Å². The summed E-state index contributed by atoms with van der Waals surface area (Å²) in [6, 6.07) is 17.7. The third kappa shape index (κ3) is 4.11. The number of hydrogen-bond donors (Lipinski definition) is 2. The van der Waals surface area contributed by atoms with Crippen molar-refractivity contribution in [2.24, 2.45) is 0 Å². The summed E-state index contributed by atoms with van der Waals surface area (Å²) < 4.78 is 5.48. The van der Waals surface area contributed by atoms with Crippen LogP contribution in [0.3, 0.4) is 0 Å². The Kier molecular flexibility index (Phi) is 6.35. The highest BCUT2D eigenvalue weighted by molar-refractivity contribution is 7.98. The molecule has 3 rings (SSSR count). The van der Waals surface area contributed by atoms with Crippen LogP contribution in [-0.4, -0.2) is 37.0 Å². The van der Waals surface area contributed by atoms with Gasteiger partial charge in [0.15, 0.2) is 0 Å². The first kappa shape index (κ1) is 19.0. The lowest BCUT2D eigenvalue weighted by molar-refractivity contribution is -0.131. The van der Waals surface area contributed by atoms with Crippen molar-refractivity contribution in [1.82, 2.24) is 5.32 Å². The Hall–Kier alpha value is -1.82. The molecule has 26 heavy (non-hydrogen) atoms. The Morgan fingerprint density at radius 2 is 1.81 bits per heavy atom. The predicted molar refractivity (Wildman–Crippen MR) is 104 cm³/mol. The van der Waals surface area contributed by atoms with E-state index in [1.165, 1.54) is 0 Å². The summed E-state index contributed by atoms with van der Waals surface area (Å²) in [5, 5.41) is 13.4. The summed E-state index contributed by atoms with van der Waals surface area (Å²) in [4.78, 5) is 14.2. The van der Waals surface area contributed by atoms with Crippen LogP contribution in [0.15, 0.2) is 59.5 Å². The van der Waals surface area contributed by atoms with E-state index in [0.717, 1.165) is 16.0 Å². The molecule has 1 unspecified atom stereocenters. The van der Waals surface area contributed by atoms with Crippen molar-refractivity contribution in [2.45, 2.75) is 29.3 Å². The zero-order chi connectivity index (χ0) is 18.4. The standard InChI is InChI=1S/C21H25NO3S/c1-26-18-9-7-16(8-10-18)19(23)15-22-20(24)21(11-13-25-14-12-21)17-5-3-2-4-6-17/h2-10,19,23H,11-15H2,1H3,(H,22,24). The second-order valence-electron chi connectivity index (χ2n) is 6.56. The number of thioether (sulfide) groups is 1. The van der Waals surface area contributed by atoms with Crippen LogP contribution >= 0.6 is 11.8 Å². The molecule has 4 nitrogen and oxygen atoms in total. The fourth-order valence-electron chi connectivity index (χ4n) is 3.43. The van der Waals surface area contributed by atoms with Gasteiger partial charge in [-0.25, -0.2) is 0 Å². The number of amides is 1. The quantitative estimate of drug-likeness (QED) is 0.765. The van der Waals surface area contributed by atoms with Crippen LogP contribution in [0.25, 0.3) is 0 Å². The van der Waals surface area contributed by atoms with E-state index < -0.39 is 11.5 Å². The molecule has 2 aromatic carbocycles. The summed E-state index contributed by atoms with van der Waals surface area (Å²) in [6.07, 6.45) is 2.60. The molecule has 0 bridgehead atoms. The maximum atomic E-state index is 13.1. The maximum Gasteiger partial charge on any atom is 0.230 e. The molecule has 1 aliphatic heterocycles. The number of carbonyl (C=O) groups excluding carboxylic acids is 1. The van der Waals surface area contributed by atoms with Crippen LogP contribution in [0, 0.1) is 0 Å². The molecule has 0 aliphatic carbocycles. The van der Waals surface area contributed by atoms with E-state index in [1.54, 1.807) is 11.8 Å². The molecule has 1 amide bonds. The van der Waals surface area contributed by atoms with Crippen molar-refractivity contribution in [3.63, 3.8) is 0 Å². The van der Waals surface area contributed by atoms with E-state index in [2.05, 4.69) is 5.32 Å². The minimum atomic E-state index is -0.720. The molecular weight excluding hydrogens is 346 g/mol. The zero-order valence-electron chi connectivity index (χ0n) is 15.0. The number of nitrogens with one attached hydrogen (secondary N) is 1. The van der Waals surface area contributed by atoms with Gasteiger partial charge >= 0.3 is 0 Å². The number of benzene rings is 2. The molecule has 0 aromatic heterocycles. The van der Waals surface area contributed by atoms with Gasteiger partial charge < -0.3 is 15.2 Å². The average molecular weight is 372 g/mol. The van der Waals surface area contributed by atoms with E-state index in [-0.39, 0.29) is 12.5 Å². The van der Waals surface area contributed by atoms with Crippen molar-refractivity contribution in [1.29, 1.82) is 0 Å². The highest BCUT2D eigenvalue weighted by atomic mass is 32.2. The second kappa shape index (κ2) is 8.71. The normalized spacial score (nSPS) is 17.5. The van der Waals surface area contributed by atoms with E-state index in [0.29, 0.717) is 26.1 Å². The lowest BCUT2D eigenvalue weighted by Crippen LogP contribution is -2.48. The third-order valence-electron chi connectivity index (χ3n) is 5.06. The Labute approximate surface area is 159 Å². The first-order chi connectivity index (χ1) is 12.7. The summed E-state index contributed by atoms with van der Waals surface area (Å²) in [6.45, 7) is 1.34. The van der Waals surface area contributed by atoms with Gasteiger partial charge in [-0.05, 0) is 42.4 Å². The molecule has 138 valence electrons. The van der Waals surface area contributed by atoms with Crippen molar-refractivity contribution < 1.29 is 14.6 Å². The van der Waals surface area contributed by atoms with Crippen LogP contribution in [0.5, 0.6) is 0 Å². The number of aliphatic hydroxyl groups is 1. The number of hydrogen-bond acceptors (Lipinski definition) is 4. The van der Waals surface area contributed by atoms with Crippen LogP contribution in [0.4, 0.5) is 0 Å². The summed E-state index contributed by atoms with van der Waals surface area (Å²) >= 11 is 1.66. The lowest BCUT2D eigenvalue weighted by atomic mass is 9.73. The van der Waals surface area contributed by atoms with Crippen LogP contribution in [-0.2, 0) is 14.9 Å². The molecule has 0 radical (unpaired) electrons. The minimum absolute atomic E-state index is 0.0354. The topological polar surface area (TPSA) is 58.6 Å². The summed E-state index contributed by atoms with van der Waals surface area (Å²) in [7, 11) is 0. The summed E-state index contributed by atoms with van der Waals surface area (Å²) in [5.74, 6) is -0.0354. The average Bonchev–Trinajstić information content (AvgIpc) is 2.73. The second-order valence-corrected chi connectivity index (χ2v) is 7.44. The molecule has 0 saturated carbocycles. The van der Waals surface area contributed by atoms with Gasteiger partial charge in [-0.3, -0.25) is 4.79 Å². The van der Waals surface area contributed by atoms with Gasteiger partial charge in [0, 0.05) is 24.7 Å². The molecule has 1 fully saturated rings. The first-order valence-corrected chi connectivity index (χ1v) is 10.1. The number of aliphatic hydroxyl groups excluding tert-OH is 1. The smallest absolute Gasteiger partial charge is 0.230 e. The SMILES string of the molecule is CSc1ccc(C(O)CNC(=O)C2(c3ccccc3)CCOCC2)cc1. The van der Waals surface area contributed by atoms with Crippen molar-refractivity contribution in [3.8, 4) is 0 Å². The highest BCUT2D eigenvalue weighted by Gasteiger charge is 2.41. The molecule has 1 saturated heterocycles. The van der Waals surface area contributed by atoms with Gasteiger partial charge in [0.1, 0.15) is 0 Å². The lowest BCUT2D eigenvalue weighted by Gasteiger charge is -2.36. The number of carbonyl (C=O) groups is 1. The highest BCUT2D eigenvalue weighted by Crippen LogP contribution is 2.35. The van der Waals surface area contributed by atoms with Crippen molar-refractivity contribution in [3.05, 3.63) is 65.7 Å². The van der Waals surface area contributed by atoms with E-state index in [1.807, 2.05) is 60.9 Å². The molecular formula is C21H25NO3S. The molecule has 1 atom stereocenters. The van der Waals surface area contributed by atoms with Gasteiger partial charge in [0.05, 0.1) is 11.5 Å². The molecule has 1 aliphatic rings. The molecule has 2 N–H and O–H groups in total. The molecule has 2 aromatic rings. The maximum absolute atomic E-state index is 13.1. The number of rotatable bonds is 6. The van der Waals surface area contributed by atoms with Gasteiger partial charge in [-0.2, -0.15) is 0 Å². The zero-order valence-corrected chi connectivity index (χ0v) is 15.8. The fraction of sp³-hybridized carbons (Fsp3) is 0.381. The largest absolute Gasteiger partial charge is 0.387 e. The Morgan fingerprint density at radius 3 is 2.42 bits per heavy atom. The molecule has 0 spiro atoms. The Bertz CT molecular complexity index is 712. The van der Waals surface area contributed by atoms with Gasteiger partial charge in [0.2, 0.25) is 5.91 Å². The van der Waals surface area contributed by atoms with Gasteiger partial charge in [-0.1, -0.05) is 42.5 Å². The molecule has 5 heteroatoms. The van der Waals surface area contributed by atoms with E-state index in [9.17, 15) is 9.90 Å². The first-order valence-electron chi connectivity index (χ1n) is 8.89. The third-order valence-corrected chi connectivity index (χ3v) is 5.81. The predicted octanol–water partition coefficient (Wildman–Crippen LogP) is 3.31. The summed E-state index contributed by atoms with van der Waals surface area (Å²) in [5.41, 5.74) is 1.24. The van der Waals surface area contributed by atoms with Crippen LogP contribution < -0.4 is 5.32 Å². The minimum Gasteiger partial charge on any atom is -0.387 e.